The molecule has 4 rings (SSSR count). The van der Waals surface area contributed by atoms with Gasteiger partial charge in [-0.25, -0.2) is 4.79 Å². The van der Waals surface area contributed by atoms with Crippen LogP contribution in [0.2, 0.25) is 0 Å². The number of fused-ring (bicyclic) bond motifs is 3. The third-order valence-corrected chi connectivity index (χ3v) is 8.71. The van der Waals surface area contributed by atoms with Crippen LogP contribution in [0.3, 0.4) is 0 Å². The van der Waals surface area contributed by atoms with E-state index in [9.17, 15) is 14.4 Å². The number of benzene rings is 2. The molecule has 3 aromatic carbocycles. The van der Waals surface area contributed by atoms with Crippen molar-refractivity contribution in [3.8, 4) is 28.4 Å². The number of methoxy groups -OCH3 is 3. The van der Waals surface area contributed by atoms with E-state index in [4.69, 9.17) is 18.9 Å². The SMILES string of the molecule is COc1c(COC(=O)c2ccc(CI)cc2)c2c(c(OC)c1OC)-c1ccc(SC)c(=O)cc1[C@H](NC(C)=O)CC2. The fraction of sp³-hybridized carbons (Fsp3) is 0.323. The smallest absolute Gasteiger partial charge is 0.338 e. The molecule has 0 unspecified atom stereocenters. The molecule has 216 valence electrons. The summed E-state index contributed by atoms with van der Waals surface area (Å²) in [6.45, 7) is 1.37. The van der Waals surface area contributed by atoms with Crippen LogP contribution < -0.4 is 25.0 Å². The maximum absolute atomic E-state index is 13.1. The van der Waals surface area contributed by atoms with Crippen LogP contribution in [0.5, 0.6) is 17.2 Å². The van der Waals surface area contributed by atoms with E-state index in [-0.39, 0.29) is 17.9 Å². The summed E-state index contributed by atoms with van der Waals surface area (Å²) in [5, 5.41) is 3.01. The summed E-state index contributed by atoms with van der Waals surface area (Å²) >= 11 is 3.62. The van der Waals surface area contributed by atoms with Crippen molar-refractivity contribution >= 4 is 46.2 Å². The first kappa shape index (κ1) is 30.7. The van der Waals surface area contributed by atoms with Crippen molar-refractivity contribution in [2.24, 2.45) is 0 Å². The second-order valence-corrected chi connectivity index (χ2v) is 11.0. The number of halogens is 1. The number of alkyl halides is 1. The molecule has 0 aliphatic heterocycles. The molecular weight excluding hydrogens is 657 g/mol. The number of thioether (sulfide) groups is 1. The average molecular weight is 690 g/mol. The van der Waals surface area contributed by atoms with Gasteiger partial charge in [-0.15, -0.1) is 11.8 Å². The molecule has 1 atom stereocenters. The first-order valence-corrected chi connectivity index (χ1v) is 15.7. The molecule has 3 aromatic rings. The minimum Gasteiger partial charge on any atom is -0.492 e. The molecule has 0 fully saturated rings. The number of amides is 1. The van der Waals surface area contributed by atoms with Crippen LogP contribution in [0.25, 0.3) is 11.1 Å². The highest BCUT2D eigenvalue weighted by molar-refractivity contribution is 14.1. The fourth-order valence-corrected chi connectivity index (χ4v) is 6.16. The third kappa shape index (κ3) is 6.33. The predicted octanol–water partition coefficient (Wildman–Crippen LogP) is 5.88. The first-order valence-electron chi connectivity index (χ1n) is 12.9. The van der Waals surface area contributed by atoms with Gasteiger partial charge in [0.15, 0.2) is 16.9 Å². The molecule has 0 radical (unpaired) electrons. The highest BCUT2D eigenvalue weighted by atomic mass is 127. The molecule has 0 bridgehead atoms. The number of hydrogen-bond donors (Lipinski definition) is 1. The monoisotopic (exact) mass is 689 g/mol. The lowest BCUT2D eigenvalue weighted by Crippen LogP contribution is -2.26. The zero-order chi connectivity index (χ0) is 29.7. The van der Waals surface area contributed by atoms with Gasteiger partial charge in [0.05, 0.1) is 37.8 Å². The van der Waals surface area contributed by atoms with Gasteiger partial charge >= 0.3 is 5.97 Å². The molecule has 0 heterocycles. The zero-order valence-corrected chi connectivity index (χ0v) is 26.6. The molecule has 1 N–H and O–H groups in total. The maximum atomic E-state index is 13.1. The van der Waals surface area contributed by atoms with Crippen LogP contribution in [-0.2, 0) is 27.0 Å². The summed E-state index contributed by atoms with van der Waals surface area (Å²) in [4.78, 5) is 38.9. The summed E-state index contributed by atoms with van der Waals surface area (Å²) in [7, 11) is 4.58. The van der Waals surface area contributed by atoms with Crippen LogP contribution in [0.15, 0.2) is 52.2 Å². The van der Waals surface area contributed by atoms with E-state index < -0.39 is 12.0 Å². The Kier molecular flexibility index (Phi) is 10.2. The van der Waals surface area contributed by atoms with Crippen molar-refractivity contribution in [3.63, 3.8) is 0 Å². The predicted molar refractivity (Wildman–Crippen MR) is 168 cm³/mol. The van der Waals surface area contributed by atoms with E-state index in [1.807, 2.05) is 24.5 Å². The number of rotatable bonds is 9. The second kappa shape index (κ2) is 13.6. The van der Waals surface area contributed by atoms with Crippen LogP contribution >= 0.6 is 34.4 Å². The highest BCUT2D eigenvalue weighted by Gasteiger charge is 2.33. The van der Waals surface area contributed by atoms with Gasteiger partial charge in [-0.05, 0) is 65.6 Å². The van der Waals surface area contributed by atoms with E-state index >= 15 is 0 Å². The van der Waals surface area contributed by atoms with Crippen molar-refractivity contribution in [1.82, 2.24) is 5.32 Å². The molecule has 10 heteroatoms. The maximum Gasteiger partial charge on any atom is 0.338 e. The van der Waals surface area contributed by atoms with Crippen LogP contribution in [0, 0.1) is 0 Å². The molecule has 0 saturated heterocycles. The summed E-state index contributed by atoms with van der Waals surface area (Å²) in [5.41, 5.74) is 4.96. The Morgan fingerprint density at radius 2 is 1.68 bits per heavy atom. The molecule has 1 aliphatic carbocycles. The molecule has 0 spiro atoms. The lowest BCUT2D eigenvalue weighted by molar-refractivity contribution is -0.119. The molecule has 1 aliphatic rings. The van der Waals surface area contributed by atoms with Gasteiger partial charge in [0.25, 0.3) is 0 Å². The first-order chi connectivity index (χ1) is 19.8. The molecule has 1 amide bonds. The van der Waals surface area contributed by atoms with Crippen molar-refractivity contribution < 1.29 is 28.5 Å². The Bertz CT molecular complexity index is 1520. The number of esters is 1. The van der Waals surface area contributed by atoms with Crippen molar-refractivity contribution in [2.45, 2.75) is 41.7 Å². The Balaban J connectivity index is 1.94. The highest BCUT2D eigenvalue weighted by Crippen LogP contribution is 2.52. The van der Waals surface area contributed by atoms with Gasteiger partial charge < -0.3 is 24.3 Å². The Labute approximate surface area is 257 Å². The summed E-state index contributed by atoms with van der Waals surface area (Å²) < 4.78 is 24.2. The van der Waals surface area contributed by atoms with Crippen LogP contribution in [0.1, 0.15) is 52.0 Å². The van der Waals surface area contributed by atoms with Gasteiger partial charge in [0, 0.05) is 22.5 Å². The number of ether oxygens (including phenoxy) is 4. The summed E-state index contributed by atoms with van der Waals surface area (Å²) in [6.07, 6.45) is 2.82. The quantitative estimate of drug-likeness (QED) is 0.129. The zero-order valence-electron chi connectivity index (χ0n) is 23.6. The Morgan fingerprint density at radius 3 is 2.27 bits per heavy atom. The number of nitrogens with one attached hydrogen (secondary N) is 1. The third-order valence-electron chi connectivity index (χ3n) is 7.05. The van der Waals surface area contributed by atoms with E-state index in [1.165, 1.54) is 32.9 Å². The standard InChI is InChI=1S/C31H32INO7S/c1-17(34)33-24-12-10-21-23(16-40-31(36)19-8-6-18(15-32)7-9-19)28(37-2)30(39-4)29(38-3)27(21)20-11-13-26(41-5)25(35)14-22(20)24/h6-9,11,13-14,24H,10,12,15-16H2,1-5H3,(H,33,34)/t24-/m1/s1. The summed E-state index contributed by atoms with van der Waals surface area (Å²) in [5.74, 6) is 0.492. The van der Waals surface area contributed by atoms with E-state index in [1.54, 1.807) is 31.4 Å². The lowest BCUT2D eigenvalue weighted by atomic mass is 9.91. The average Bonchev–Trinajstić information content (AvgIpc) is 3.23. The van der Waals surface area contributed by atoms with Crippen molar-refractivity contribution in [1.29, 1.82) is 0 Å². The van der Waals surface area contributed by atoms with E-state index in [2.05, 4.69) is 27.9 Å². The van der Waals surface area contributed by atoms with E-state index in [0.717, 1.165) is 15.6 Å². The van der Waals surface area contributed by atoms with Gasteiger partial charge in [0.1, 0.15) is 6.61 Å². The van der Waals surface area contributed by atoms with Gasteiger partial charge in [-0.3, -0.25) is 9.59 Å². The minimum atomic E-state index is -0.465. The normalized spacial score (nSPS) is 13.8. The number of hydrogen-bond acceptors (Lipinski definition) is 8. The number of carbonyl (C=O) groups excluding carboxylic acids is 2. The molecule has 0 saturated carbocycles. The topological polar surface area (TPSA) is 100 Å². The molecular formula is C31H32INO7S. The van der Waals surface area contributed by atoms with Gasteiger partial charge in [0.2, 0.25) is 11.7 Å². The largest absolute Gasteiger partial charge is 0.492 e. The van der Waals surface area contributed by atoms with Crippen molar-refractivity contribution in [2.75, 3.05) is 27.6 Å². The molecule has 8 nitrogen and oxygen atoms in total. The Morgan fingerprint density at radius 1 is 1.00 bits per heavy atom. The van der Waals surface area contributed by atoms with E-state index in [0.29, 0.717) is 62.8 Å². The van der Waals surface area contributed by atoms with Crippen LogP contribution in [0.4, 0.5) is 0 Å². The lowest BCUT2D eigenvalue weighted by Gasteiger charge is -2.23. The minimum absolute atomic E-state index is 0.0826. The molecule has 41 heavy (non-hydrogen) atoms. The molecule has 0 aromatic heterocycles. The number of carbonyl (C=O) groups is 2. The fourth-order valence-electron chi connectivity index (χ4n) is 5.19. The second-order valence-electron chi connectivity index (χ2n) is 9.41. The summed E-state index contributed by atoms with van der Waals surface area (Å²) in [6, 6.07) is 12.1. The van der Waals surface area contributed by atoms with Crippen LogP contribution in [-0.4, -0.2) is 39.5 Å². The van der Waals surface area contributed by atoms with Gasteiger partial charge in [-0.2, -0.15) is 0 Å². The van der Waals surface area contributed by atoms with Gasteiger partial charge in [-0.1, -0.05) is 40.8 Å². The Hall–Kier alpha value is -3.25. The van der Waals surface area contributed by atoms with Crippen molar-refractivity contribution in [3.05, 3.63) is 80.5 Å².